The first-order valence-electron chi connectivity index (χ1n) is 12.6. The molecule has 2 aromatic rings. The molecule has 1 saturated heterocycles. The zero-order chi connectivity index (χ0) is 27.7. The molecular formula is C25H31F4N5O4. The number of ether oxygens (including phenoxy) is 1. The molecule has 1 aliphatic heterocycles. The van der Waals surface area contributed by atoms with Crippen molar-refractivity contribution in [3.8, 4) is 17.1 Å². The smallest absolute Gasteiger partial charge is 0.417 e. The van der Waals surface area contributed by atoms with Gasteiger partial charge in [0.05, 0.1) is 19.0 Å². The molecule has 0 bridgehead atoms. The average molecular weight is 542 g/mol. The summed E-state index contributed by atoms with van der Waals surface area (Å²) in [5, 5.41) is 19.4. The molecule has 1 aliphatic carbocycles. The second-order valence-corrected chi connectivity index (χ2v) is 9.97. The van der Waals surface area contributed by atoms with Gasteiger partial charge in [0.1, 0.15) is 5.69 Å². The minimum atomic E-state index is -4.69. The van der Waals surface area contributed by atoms with E-state index in [-0.39, 0.29) is 59.4 Å². The molecule has 4 rings (SSSR count). The van der Waals surface area contributed by atoms with Crippen LogP contribution in [0.5, 0.6) is 5.88 Å². The van der Waals surface area contributed by atoms with Crippen molar-refractivity contribution in [3.63, 3.8) is 0 Å². The average Bonchev–Trinajstić information content (AvgIpc) is 3.39. The first-order valence-corrected chi connectivity index (χ1v) is 12.6. The van der Waals surface area contributed by atoms with Gasteiger partial charge in [-0.3, -0.25) is 14.7 Å². The van der Waals surface area contributed by atoms with Gasteiger partial charge in [-0.05, 0) is 51.0 Å². The van der Waals surface area contributed by atoms with Crippen LogP contribution in [0.3, 0.4) is 0 Å². The highest BCUT2D eigenvalue weighted by atomic mass is 19.4. The summed E-state index contributed by atoms with van der Waals surface area (Å²) < 4.78 is 58.5. The third-order valence-electron chi connectivity index (χ3n) is 7.63. The molecule has 38 heavy (non-hydrogen) atoms. The molecule has 2 fully saturated rings. The van der Waals surface area contributed by atoms with Crippen molar-refractivity contribution < 1.29 is 37.0 Å². The Bertz CT molecular complexity index is 1160. The summed E-state index contributed by atoms with van der Waals surface area (Å²) in [6.07, 6.45) is -3.10. The number of halogens is 4. The number of aromatic nitrogens is 3. The maximum Gasteiger partial charge on any atom is 0.417 e. The molecule has 3 heterocycles. The molecule has 208 valence electrons. The molecule has 9 nitrogen and oxygen atoms in total. The lowest BCUT2D eigenvalue weighted by Crippen LogP contribution is -2.53. The number of aromatic amines is 1. The van der Waals surface area contributed by atoms with Crippen LogP contribution >= 0.6 is 0 Å². The van der Waals surface area contributed by atoms with Gasteiger partial charge in [-0.2, -0.15) is 18.3 Å². The third-order valence-corrected chi connectivity index (χ3v) is 7.63. The van der Waals surface area contributed by atoms with Crippen LogP contribution in [-0.4, -0.2) is 74.5 Å². The molecule has 0 unspecified atom stereocenters. The van der Waals surface area contributed by atoms with Crippen LogP contribution in [-0.2, 0) is 4.79 Å². The van der Waals surface area contributed by atoms with E-state index >= 15 is 0 Å². The van der Waals surface area contributed by atoms with E-state index in [0.717, 1.165) is 6.20 Å². The fourth-order valence-electron chi connectivity index (χ4n) is 5.24. The van der Waals surface area contributed by atoms with E-state index in [2.05, 4.69) is 20.5 Å². The molecule has 2 atom stereocenters. The van der Waals surface area contributed by atoms with E-state index in [1.807, 2.05) is 6.92 Å². The Morgan fingerprint density at radius 2 is 1.97 bits per heavy atom. The van der Waals surface area contributed by atoms with Crippen LogP contribution in [0.1, 0.15) is 62.4 Å². The normalized spacial score (nSPS) is 26.2. The second-order valence-electron chi connectivity index (χ2n) is 9.97. The largest absolute Gasteiger partial charge is 0.481 e. The van der Waals surface area contributed by atoms with Crippen molar-refractivity contribution in [2.45, 2.75) is 75.7 Å². The molecular weight excluding hydrogens is 510 g/mol. The molecule has 2 amide bonds. The van der Waals surface area contributed by atoms with Gasteiger partial charge < -0.3 is 20.1 Å². The van der Waals surface area contributed by atoms with Crippen LogP contribution in [0.4, 0.5) is 17.6 Å². The predicted octanol–water partition coefficient (Wildman–Crippen LogP) is 3.60. The number of likely N-dealkylation sites (tertiary alicyclic amines) is 1. The topological polar surface area (TPSA) is 120 Å². The van der Waals surface area contributed by atoms with E-state index in [9.17, 15) is 32.3 Å². The lowest BCUT2D eigenvalue weighted by molar-refractivity contribution is -0.270. The highest BCUT2D eigenvalue weighted by Gasteiger charge is 2.54. The Kier molecular flexibility index (Phi) is 7.96. The molecule has 0 aromatic carbocycles. The number of amides is 2. The maximum atomic E-state index is 14.3. The van der Waals surface area contributed by atoms with Crippen LogP contribution in [0.2, 0.25) is 0 Å². The first-order chi connectivity index (χ1) is 18.0. The minimum Gasteiger partial charge on any atom is -0.481 e. The predicted molar refractivity (Wildman–Crippen MR) is 128 cm³/mol. The summed E-state index contributed by atoms with van der Waals surface area (Å²) in [6.45, 7) is 2.21. The zero-order valence-electron chi connectivity index (χ0n) is 21.1. The van der Waals surface area contributed by atoms with Crippen LogP contribution in [0, 0.1) is 11.7 Å². The van der Waals surface area contributed by atoms with E-state index in [4.69, 9.17) is 4.74 Å². The van der Waals surface area contributed by atoms with Crippen LogP contribution in [0.15, 0.2) is 18.3 Å². The third kappa shape index (κ3) is 5.62. The second kappa shape index (κ2) is 10.9. The van der Waals surface area contributed by atoms with Crippen LogP contribution < -0.4 is 10.1 Å². The number of methoxy groups -OCH3 is 1. The number of carbonyl (C=O) groups is 2. The lowest BCUT2D eigenvalue weighted by Gasteiger charge is -2.40. The molecule has 2 aliphatic rings. The monoisotopic (exact) mass is 541 g/mol. The fourth-order valence-corrected chi connectivity index (χ4v) is 5.24. The van der Waals surface area contributed by atoms with Crippen molar-refractivity contribution in [3.05, 3.63) is 29.8 Å². The highest BCUT2D eigenvalue weighted by Crippen LogP contribution is 2.41. The lowest BCUT2D eigenvalue weighted by atomic mass is 9.81. The van der Waals surface area contributed by atoms with Crippen molar-refractivity contribution >= 4 is 11.8 Å². The van der Waals surface area contributed by atoms with Gasteiger partial charge >= 0.3 is 6.18 Å². The summed E-state index contributed by atoms with van der Waals surface area (Å²) in [5.74, 6) is -1.37. The Labute approximate surface area is 217 Å². The quantitative estimate of drug-likeness (QED) is 0.481. The van der Waals surface area contributed by atoms with Crippen molar-refractivity contribution in [2.75, 3.05) is 13.7 Å². The number of piperidine rings is 1. The van der Waals surface area contributed by atoms with E-state index in [1.54, 1.807) is 4.90 Å². The van der Waals surface area contributed by atoms with Gasteiger partial charge in [0.15, 0.2) is 11.4 Å². The number of hydrogen-bond acceptors (Lipinski definition) is 6. The number of H-pyrrole nitrogens is 1. The van der Waals surface area contributed by atoms with Crippen molar-refractivity contribution in [1.29, 1.82) is 0 Å². The first kappa shape index (κ1) is 27.8. The maximum absolute atomic E-state index is 14.3. The number of alkyl halides is 3. The van der Waals surface area contributed by atoms with Gasteiger partial charge in [0.25, 0.3) is 5.91 Å². The number of aliphatic hydroxyl groups is 1. The molecule has 3 N–H and O–H groups in total. The Morgan fingerprint density at radius 1 is 1.26 bits per heavy atom. The number of carbonyl (C=O) groups excluding carboxylic acids is 2. The van der Waals surface area contributed by atoms with Gasteiger partial charge in [-0.15, -0.1) is 0 Å². The Morgan fingerprint density at radius 3 is 2.61 bits per heavy atom. The standard InChI is InChI=1S/C25H31F4N5O4/c1-3-16-10-14(22(35)31-15-4-7-24(37,8-5-15)25(27,28)29)6-9-34(16)23(36)20-12-19(32-33-20)17-11-21(38-2)30-13-18(17)26/h11-16,37H,3-10H2,1-2H3,(H,31,35)(H,32,33)/t14-,15?,16-,24?/m1/s1. The Hall–Kier alpha value is -3.22. The van der Waals surface area contributed by atoms with Crippen molar-refractivity contribution in [2.24, 2.45) is 5.92 Å². The number of nitrogens with zero attached hydrogens (tertiary/aromatic N) is 3. The number of hydrogen-bond donors (Lipinski definition) is 3. The van der Waals surface area contributed by atoms with Crippen LogP contribution in [0.25, 0.3) is 11.3 Å². The Balaban J connectivity index is 1.36. The highest BCUT2D eigenvalue weighted by molar-refractivity contribution is 5.94. The number of rotatable bonds is 6. The summed E-state index contributed by atoms with van der Waals surface area (Å²) in [7, 11) is 1.40. The molecule has 0 radical (unpaired) electrons. The van der Waals surface area contributed by atoms with Gasteiger partial charge in [-0.25, -0.2) is 9.37 Å². The van der Waals surface area contributed by atoms with Gasteiger partial charge in [0.2, 0.25) is 11.8 Å². The van der Waals surface area contributed by atoms with E-state index in [0.29, 0.717) is 25.8 Å². The summed E-state index contributed by atoms with van der Waals surface area (Å²) in [5.41, 5.74) is -2.17. The van der Waals surface area contributed by atoms with E-state index in [1.165, 1.54) is 19.2 Å². The zero-order valence-corrected chi connectivity index (χ0v) is 21.1. The summed E-state index contributed by atoms with van der Waals surface area (Å²) in [4.78, 5) is 31.6. The SMILES string of the molecule is CC[C@@H]1C[C@H](C(=O)NC2CCC(O)(C(F)(F)F)CC2)CCN1C(=O)c1cc(-c2cc(OC)ncc2F)n[nH]1. The molecule has 1 saturated carbocycles. The number of nitrogens with one attached hydrogen (secondary N) is 2. The summed E-state index contributed by atoms with van der Waals surface area (Å²) >= 11 is 0. The van der Waals surface area contributed by atoms with Crippen molar-refractivity contribution in [1.82, 2.24) is 25.4 Å². The van der Waals surface area contributed by atoms with E-state index < -0.39 is 36.5 Å². The molecule has 13 heteroatoms. The fraction of sp³-hybridized carbons (Fsp3) is 0.600. The molecule has 0 spiro atoms. The van der Waals surface area contributed by atoms with Gasteiger partial charge in [0, 0.05) is 36.2 Å². The number of pyridine rings is 1. The summed E-state index contributed by atoms with van der Waals surface area (Å²) in [6, 6.07) is 2.17. The molecule has 2 aromatic heterocycles. The minimum absolute atomic E-state index is 0.0440. The van der Waals surface area contributed by atoms with Gasteiger partial charge in [-0.1, -0.05) is 6.92 Å².